The molecule has 5 heteroatoms. The Morgan fingerprint density at radius 2 is 1.75 bits per heavy atom. The van der Waals surface area contributed by atoms with Gasteiger partial charge in [0.2, 0.25) is 0 Å². The number of carbonyl (C=O) groups is 1. The van der Waals surface area contributed by atoms with E-state index in [4.69, 9.17) is 4.74 Å². The van der Waals surface area contributed by atoms with E-state index in [1.807, 2.05) is 36.4 Å². The molecule has 5 rings (SSSR count). The number of carbonyl (C=O) groups excluding carboxylic acids is 1. The molecule has 0 bridgehead atoms. The molecule has 1 heterocycles. The Morgan fingerprint density at radius 1 is 0.964 bits per heavy atom. The predicted octanol–water partition coefficient (Wildman–Crippen LogP) is 5.28. The lowest BCUT2D eigenvalue weighted by molar-refractivity contribution is -0.384. The number of hydrogen-bond donors (Lipinski definition) is 0. The molecule has 138 valence electrons. The lowest BCUT2D eigenvalue weighted by atomic mass is 9.75. The van der Waals surface area contributed by atoms with Gasteiger partial charge in [0.05, 0.1) is 4.92 Å². The first-order valence-electron chi connectivity index (χ1n) is 9.33. The first kappa shape index (κ1) is 16.7. The van der Waals surface area contributed by atoms with Crippen molar-refractivity contribution in [2.24, 2.45) is 0 Å². The standard InChI is InChI=1S/C23H17NO4/c25-18-6-3-7-19-23(18)21(15-8-11-16(12-9-15)24(26)27)22-17-5-2-1-4-14(17)10-13-20(22)28-19/h1-2,4-5,8-13,21H,3,6-7H2. The smallest absolute Gasteiger partial charge is 0.269 e. The van der Waals surface area contributed by atoms with Gasteiger partial charge in [-0.2, -0.15) is 0 Å². The molecule has 28 heavy (non-hydrogen) atoms. The average molecular weight is 371 g/mol. The highest BCUT2D eigenvalue weighted by Gasteiger charge is 2.37. The molecule has 0 aromatic heterocycles. The Balaban J connectivity index is 1.78. The van der Waals surface area contributed by atoms with Crippen LogP contribution in [0, 0.1) is 10.1 Å². The van der Waals surface area contributed by atoms with Gasteiger partial charge in [0.1, 0.15) is 11.5 Å². The maximum atomic E-state index is 12.9. The molecule has 0 spiro atoms. The van der Waals surface area contributed by atoms with Crippen LogP contribution >= 0.6 is 0 Å². The third-order valence-corrected chi connectivity index (χ3v) is 5.59. The number of allylic oxidation sites excluding steroid dienone is 2. The highest BCUT2D eigenvalue weighted by Crippen LogP contribution is 2.49. The minimum atomic E-state index is -0.409. The third kappa shape index (κ3) is 2.51. The second kappa shape index (κ2) is 6.30. The Hall–Kier alpha value is -3.47. The van der Waals surface area contributed by atoms with Crippen LogP contribution in [0.1, 0.15) is 36.3 Å². The molecule has 5 nitrogen and oxygen atoms in total. The van der Waals surface area contributed by atoms with E-state index in [0.717, 1.165) is 46.2 Å². The van der Waals surface area contributed by atoms with Gasteiger partial charge in [-0.15, -0.1) is 0 Å². The fraction of sp³-hybridized carbons (Fsp3) is 0.174. The number of fused-ring (bicyclic) bond motifs is 3. The van der Waals surface area contributed by atoms with Crippen LogP contribution in [-0.2, 0) is 4.79 Å². The Kier molecular flexibility index (Phi) is 3.76. The Morgan fingerprint density at radius 3 is 2.54 bits per heavy atom. The van der Waals surface area contributed by atoms with E-state index < -0.39 is 4.92 Å². The number of nitrogens with zero attached hydrogens (tertiary/aromatic N) is 1. The molecule has 2 aliphatic rings. The number of hydrogen-bond acceptors (Lipinski definition) is 4. The van der Waals surface area contributed by atoms with Crippen LogP contribution in [-0.4, -0.2) is 10.7 Å². The number of Topliss-reactive ketones (excluding diaryl/α,β-unsaturated/α-hetero) is 1. The summed E-state index contributed by atoms with van der Waals surface area (Å²) in [4.78, 5) is 23.5. The molecule has 1 aliphatic heterocycles. The molecule has 0 saturated heterocycles. The van der Waals surface area contributed by atoms with Crippen molar-refractivity contribution in [1.29, 1.82) is 0 Å². The number of ketones is 1. The van der Waals surface area contributed by atoms with Gasteiger partial charge in [-0.1, -0.05) is 42.5 Å². The van der Waals surface area contributed by atoms with Crippen molar-refractivity contribution in [3.05, 3.63) is 93.2 Å². The molecule has 0 N–H and O–H groups in total. The summed E-state index contributed by atoms with van der Waals surface area (Å²) in [7, 11) is 0. The average Bonchev–Trinajstić information content (AvgIpc) is 2.72. The predicted molar refractivity (Wildman–Crippen MR) is 105 cm³/mol. The third-order valence-electron chi connectivity index (χ3n) is 5.59. The lowest BCUT2D eigenvalue weighted by Crippen LogP contribution is -2.25. The van der Waals surface area contributed by atoms with Gasteiger partial charge >= 0.3 is 0 Å². The van der Waals surface area contributed by atoms with E-state index in [0.29, 0.717) is 12.0 Å². The van der Waals surface area contributed by atoms with Crippen LogP contribution in [0.3, 0.4) is 0 Å². The van der Waals surface area contributed by atoms with Crippen LogP contribution < -0.4 is 4.74 Å². The fourth-order valence-corrected chi connectivity index (χ4v) is 4.32. The number of rotatable bonds is 2. The summed E-state index contributed by atoms with van der Waals surface area (Å²) in [5, 5.41) is 13.2. The molecule has 1 unspecified atom stereocenters. The Bertz CT molecular complexity index is 1160. The molecule has 0 saturated carbocycles. The van der Waals surface area contributed by atoms with Crippen LogP contribution in [0.25, 0.3) is 10.8 Å². The van der Waals surface area contributed by atoms with Gasteiger partial charge in [-0.25, -0.2) is 0 Å². The number of non-ortho nitro benzene ring substituents is 1. The van der Waals surface area contributed by atoms with Crippen molar-refractivity contribution >= 4 is 22.2 Å². The molecule has 0 fully saturated rings. The van der Waals surface area contributed by atoms with Crippen LogP contribution in [0.15, 0.2) is 72.0 Å². The molecule has 0 amide bonds. The zero-order chi connectivity index (χ0) is 19.3. The number of nitro benzene ring substituents is 1. The summed E-state index contributed by atoms with van der Waals surface area (Å²) < 4.78 is 6.18. The zero-order valence-electron chi connectivity index (χ0n) is 15.1. The fourth-order valence-electron chi connectivity index (χ4n) is 4.32. The van der Waals surface area contributed by atoms with E-state index in [9.17, 15) is 14.9 Å². The maximum Gasteiger partial charge on any atom is 0.269 e. The van der Waals surface area contributed by atoms with Gasteiger partial charge in [0.15, 0.2) is 5.78 Å². The summed E-state index contributed by atoms with van der Waals surface area (Å²) >= 11 is 0. The molecule has 1 atom stereocenters. The van der Waals surface area contributed by atoms with Crippen molar-refractivity contribution in [2.75, 3.05) is 0 Å². The van der Waals surface area contributed by atoms with E-state index >= 15 is 0 Å². The summed E-state index contributed by atoms with van der Waals surface area (Å²) in [5.41, 5.74) is 2.57. The van der Waals surface area contributed by atoms with Crippen molar-refractivity contribution in [2.45, 2.75) is 25.2 Å². The summed E-state index contributed by atoms with van der Waals surface area (Å²) in [6, 6.07) is 18.5. The van der Waals surface area contributed by atoms with Crippen molar-refractivity contribution < 1.29 is 14.5 Å². The highest BCUT2D eigenvalue weighted by atomic mass is 16.6. The topological polar surface area (TPSA) is 69.4 Å². The largest absolute Gasteiger partial charge is 0.461 e. The van der Waals surface area contributed by atoms with Crippen molar-refractivity contribution in [3.63, 3.8) is 0 Å². The lowest BCUT2D eigenvalue weighted by Gasteiger charge is -2.33. The van der Waals surface area contributed by atoms with E-state index in [1.165, 1.54) is 12.1 Å². The molecule has 3 aromatic carbocycles. The first-order chi connectivity index (χ1) is 13.6. The molecule has 1 aliphatic carbocycles. The summed E-state index contributed by atoms with van der Waals surface area (Å²) in [5.74, 6) is 1.32. The molecule has 0 radical (unpaired) electrons. The summed E-state index contributed by atoms with van der Waals surface area (Å²) in [6.07, 6.45) is 2.02. The SMILES string of the molecule is O=C1CCCC2=C1C(c1ccc([N+](=O)[O-])cc1)c1c(ccc3ccccc13)O2. The molecule has 3 aromatic rings. The normalized spacial score (nSPS) is 18.4. The van der Waals surface area contributed by atoms with Gasteiger partial charge < -0.3 is 4.74 Å². The summed E-state index contributed by atoms with van der Waals surface area (Å²) in [6.45, 7) is 0. The highest BCUT2D eigenvalue weighted by molar-refractivity contribution is 6.01. The van der Waals surface area contributed by atoms with E-state index in [1.54, 1.807) is 12.1 Å². The monoisotopic (exact) mass is 371 g/mol. The van der Waals surface area contributed by atoms with Crippen molar-refractivity contribution in [3.8, 4) is 5.75 Å². The van der Waals surface area contributed by atoms with Crippen LogP contribution in [0.2, 0.25) is 0 Å². The quantitative estimate of drug-likeness (QED) is 0.454. The number of benzene rings is 3. The van der Waals surface area contributed by atoms with Crippen LogP contribution in [0.5, 0.6) is 5.75 Å². The molecular formula is C23H17NO4. The van der Waals surface area contributed by atoms with Gasteiger partial charge in [0.25, 0.3) is 5.69 Å². The number of nitro groups is 1. The van der Waals surface area contributed by atoms with Gasteiger partial charge in [-0.3, -0.25) is 14.9 Å². The second-order valence-electron chi connectivity index (χ2n) is 7.20. The van der Waals surface area contributed by atoms with E-state index in [2.05, 4.69) is 0 Å². The maximum absolute atomic E-state index is 12.9. The molecular weight excluding hydrogens is 354 g/mol. The van der Waals surface area contributed by atoms with Crippen LogP contribution in [0.4, 0.5) is 5.69 Å². The minimum absolute atomic E-state index is 0.0399. The van der Waals surface area contributed by atoms with Crippen molar-refractivity contribution in [1.82, 2.24) is 0 Å². The minimum Gasteiger partial charge on any atom is -0.461 e. The number of ether oxygens (including phenoxy) is 1. The van der Waals surface area contributed by atoms with E-state index in [-0.39, 0.29) is 17.4 Å². The van der Waals surface area contributed by atoms with Gasteiger partial charge in [0, 0.05) is 42.0 Å². The first-order valence-corrected chi connectivity index (χ1v) is 9.33. The second-order valence-corrected chi connectivity index (χ2v) is 7.20. The van der Waals surface area contributed by atoms with Gasteiger partial charge in [-0.05, 0) is 28.8 Å². The zero-order valence-corrected chi connectivity index (χ0v) is 15.1. The Labute approximate surface area is 161 Å².